The number of hydrogen-bond donors (Lipinski definition) is 2. The lowest BCUT2D eigenvalue weighted by Gasteiger charge is -2.05. The molecular formula is C13H16N2S2. The quantitative estimate of drug-likeness (QED) is 0.645. The van der Waals surface area contributed by atoms with E-state index in [-0.39, 0.29) is 0 Å². The Morgan fingerprint density at radius 2 is 2.00 bits per heavy atom. The summed E-state index contributed by atoms with van der Waals surface area (Å²) in [6.45, 7) is 4.40. The van der Waals surface area contributed by atoms with Crippen LogP contribution in [0, 0.1) is 0 Å². The number of nitrogens with zero attached hydrogens (tertiary/aromatic N) is 1. The maximum absolute atomic E-state index is 4.24. The Morgan fingerprint density at radius 3 is 2.53 bits per heavy atom. The number of H-pyrrole nitrogens is 1. The highest BCUT2D eigenvalue weighted by Crippen LogP contribution is 2.25. The van der Waals surface area contributed by atoms with Gasteiger partial charge in [-0.1, -0.05) is 26.0 Å². The van der Waals surface area contributed by atoms with Gasteiger partial charge in [0.05, 0.1) is 11.9 Å². The van der Waals surface area contributed by atoms with Crippen molar-refractivity contribution in [1.82, 2.24) is 9.97 Å². The van der Waals surface area contributed by atoms with E-state index in [1.807, 2.05) is 18.0 Å². The molecule has 1 aromatic carbocycles. The van der Waals surface area contributed by atoms with Crippen LogP contribution in [0.25, 0.3) is 11.3 Å². The van der Waals surface area contributed by atoms with E-state index >= 15 is 0 Å². The Bertz CT molecular complexity index is 474. The lowest BCUT2D eigenvalue weighted by atomic mass is 10.2. The number of rotatable bonds is 4. The Labute approximate surface area is 112 Å². The van der Waals surface area contributed by atoms with Crippen LogP contribution in [0.1, 0.15) is 19.7 Å². The van der Waals surface area contributed by atoms with Crippen molar-refractivity contribution >= 4 is 24.4 Å². The maximum atomic E-state index is 4.24. The fraction of sp³-hybridized carbons (Fsp3) is 0.308. The molecule has 0 saturated carbocycles. The fourth-order valence-corrected chi connectivity index (χ4v) is 2.57. The highest BCUT2D eigenvalue weighted by atomic mass is 32.2. The SMILES string of the molecule is CC(C)Sc1ccc(-c2cnc(CS)[nH]2)cc1. The third kappa shape index (κ3) is 3.30. The average molecular weight is 264 g/mol. The van der Waals surface area contributed by atoms with E-state index in [2.05, 4.69) is 60.7 Å². The van der Waals surface area contributed by atoms with E-state index in [4.69, 9.17) is 0 Å². The molecule has 17 heavy (non-hydrogen) atoms. The molecule has 0 bridgehead atoms. The number of benzene rings is 1. The van der Waals surface area contributed by atoms with Gasteiger partial charge in [-0.05, 0) is 17.7 Å². The van der Waals surface area contributed by atoms with Crippen molar-refractivity contribution in [2.75, 3.05) is 0 Å². The molecule has 1 N–H and O–H groups in total. The van der Waals surface area contributed by atoms with Gasteiger partial charge in [-0.15, -0.1) is 11.8 Å². The zero-order valence-corrected chi connectivity index (χ0v) is 11.7. The molecule has 0 saturated heterocycles. The minimum atomic E-state index is 0.615. The molecule has 4 heteroatoms. The van der Waals surface area contributed by atoms with Crippen LogP contribution in [0.15, 0.2) is 35.4 Å². The zero-order valence-electron chi connectivity index (χ0n) is 9.97. The summed E-state index contributed by atoms with van der Waals surface area (Å²) >= 11 is 6.07. The summed E-state index contributed by atoms with van der Waals surface area (Å²) in [5.41, 5.74) is 2.22. The molecule has 0 fully saturated rings. The number of aromatic amines is 1. The third-order valence-corrected chi connectivity index (χ3v) is 3.63. The van der Waals surface area contributed by atoms with E-state index < -0.39 is 0 Å². The van der Waals surface area contributed by atoms with Crippen LogP contribution in [0.2, 0.25) is 0 Å². The minimum Gasteiger partial charge on any atom is -0.341 e. The van der Waals surface area contributed by atoms with Crippen molar-refractivity contribution in [2.24, 2.45) is 0 Å². The predicted molar refractivity (Wildman–Crippen MR) is 77.7 cm³/mol. The average Bonchev–Trinajstić information content (AvgIpc) is 2.78. The molecule has 2 aromatic rings. The highest BCUT2D eigenvalue weighted by Gasteiger charge is 2.03. The van der Waals surface area contributed by atoms with Crippen LogP contribution in [0.3, 0.4) is 0 Å². The summed E-state index contributed by atoms with van der Waals surface area (Å²) in [6, 6.07) is 8.56. The van der Waals surface area contributed by atoms with Crippen LogP contribution in [0.5, 0.6) is 0 Å². The Morgan fingerprint density at radius 1 is 1.29 bits per heavy atom. The van der Waals surface area contributed by atoms with Crippen molar-refractivity contribution in [3.8, 4) is 11.3 Å². The topological polar surface area (TPSA) is 28.7 Å². The molecule has 0 aliphatic carbocycles. The monoisotopic (exact) mass is 264 g/mol. The summed E-state index contributed by atoms with van der Waals surface area (Å²) in [5, 5.41) is 0.615. The van der Waals surface area contributed by atoms with E-state index in [0.29, 0.717) is 11.0 Å². The molecule has 1 heterocycles. The predicted octanol–water partition coefficient (Wildman–Crippen LogP) is 4.01. The molecule has 1 aromatic heterocycles. The van der Waals surface area contributed by atoms with Gasteiger partial charge in [0, 0.05) is 15.9 Å². The number of thiol groups is 1. The Balaban J connectivity index is 2.17. The van der Waals surface area contributed by atoms with Crippen molar-refractivity contribution in [3.63, 3.8) is 0 Å². The highest BCUT2D eigenvalue weighted by molar-refractivity contribution is 7.99. The number of nitrogens with one attached hydrogen (secondary N) is 1. The van der Waals surface area contributed by atoms with E-state index in [9.17, 15) is 0 Å². The second-order valence-electron chi connectivity index (χ2n) is 4.09. The first kappa shape index (κ1) is 12.6. The van der Waals surface area contributed by atoms with E-state index in [0.717, 1.165) is 11.5 Å². The second kappa shape index (κ2) is 5.65. The van der Waals surface area contributed by atoms with Crippen LogP contribution in [-0.4, -0.2) is 15.2 Å². The molecular weight excluding hydrogens is 248 g/mol. The molecule has 0 aliphatic rings. The van der Waals surface area contributed by atoms with Gasteiger partial charge in [-0.3, -0.25) is 0 Å². The molecule has 2 nitrogen and oxygen atoms in total. The van der Waals surface area contributed by atoms with Crippen molar-refractivity contribution in [2.45, 2.75) is 29.7 Å². The Kier molecular flexibility index (Phi) is 4.18. The van der Waals surface area contributed by atoms with Gasteiger partial charge >= 0.3 is 0 Å². The first-order valence-electron chi connectivity index (χ1n) is 5.61. The van der Waals surface area contributed by atoms with Gasteiger partial charge in [0.15, 0.2) is 0 Å². The Hall–Kier alpha value is -0.870. The molecule has 0 radical (unpaired) electrons. The molecule has 0 amide bonds. The lowest BCUT2D eigenvalue weighted by Crippen LogP contribution is -1.86. The summed E-state index contributed by atoms with van der Waals surface area (Å²) in [6.07, 6.45) is 1.86. The summed E-state index contributed by atoms with van der Waals surface area (Å²) in [5.74, 6) is 1.55. The second-order valence-corrected chi connectivity index (χ2v) is 6.06. The van der Waals surface area contributed by atoms with Crippen molar-refractivity contribution < 1.29 is 0 Å². The van der Waals surface area contributed by atoms with E-state index in [1.54, 1.807) is 0 Å². The molecule has 2 rings (SSSR count). The van der Waals surface area contributed by atoms with Gasteiger partial charge in [0.2, 0.25) is 0 Å². The first-order valence-corrected chi connectivity index (χ1v) is 7.12. The first-order chi connectivity index (χ1) is 8.19. The molecule has 0 aliphatic heterocycles. The summed E-state index contributed by atoms with van der Waals surface area (Å²) < 4.78 is 0. The van der Waals surface area contributed by atoms with Gasteiger partial charge in [0.25, 0.3) is 0 Å². The molecule has 0 unspecified atom stereocenters. The molecule has 0 atom stereocenters. The fourth-order valence-electron chi connectivity index (χ4n) is 1.57. The largest absolute Gasteiger partial charge is 0.341 e. The van der Waals surface area contributed by atoms with E-state index in [1.165, 1.54) is 10.5 Å². The maximum Gasteiger partial charge on any atom is 0.116 e. The smallest absolute Gasteiger partial charge is 0.116 e. The number of hydrogen-bond acceptors (Lipinski definition) is 3. The number of thioether (sulfide) groups is 1. The van der Waals surface area contributed by atoms with Crippen molar-refractivity contribution in [3.05, 3.63) is 36.3 Å². The van der Waals surface area contributed by atoms with Gasteiger partial charge in [0.1, 0.15) is 5.82 Å². The molecule has 0 spiro atoms. The summed E-state index contributed by atoms with van der Waals surface area (Å²) in [7, 11) is 0. The lowest BCUT2D eigenvalue weighted by molar-refractivity contribution is 1.11. The standard InChI is InChI=1S/C13H16N2S2/c1-9(2)17-11-5-3-10(4-6-11)12-7-14-13(8-16)15-12/h3-7,9,16H,8H2,1-2H3,(H,14,15). The van der Waals surface area contributed by atoms with Gasteiger partial charge in [-0.2, -0.15) is 12.6 Å². The normalized spacial score (nSPS) is 11.1. The number of aromatic nitrogens is 2. The van der Waals surface area contributed by atoms with Crippen LogP contribution in [0.4, 0.5) is 0 Å². The summed E-state index contributed by atoms with van der Waals surface area (Å²) in [4.78, 5) is 8.79. The van der Waals surface area contributed by atoms with Crippen LogP contribution < -0.4 is 0 Å². The molecule has 90 valence electrons. The van der Waals surface area contributed by atoms with Gasteiger partial charge < -0.3 is 4.98 Å². The third-order valence-electron chi connectivity index (χ3n) is 2.32. The number of imidazole rings is 1. The van der Waals surface area contributed by atoms with Crippen LogP contribution in [-0.2, 0) is 5.75 Å². The zero-order chi connectivity index (χ0) is 12.3. The van der Waals surface area contributed by atoms with Crippen molar-refractivity contribution in [1.29, 1.82) is 0 Å². The minimum absolute atomic E-state index is 0.615. The van der Waals surface area contributed by atoms with Crippen LogP contribution >= 0.6 is 24.4 Å². The van der Waals surface area contributed by atoms with Gasteiger partial charge in [-0.25, -0.2) is 4.98 Å².